The largest absolute Gasteiger partial charge is 0.352 e. The van der Waals surface area contributed by atoms with Crippen molar-refractivity contribution in [3.8, 4) is 0 Å². The van der Waals surface area contributed by atoms with Crippen LogP contribution < -0.4 is 5.32 Å². The summed E-state index contributed by atoms with van der Waals surface area (Å²) in [5.41, 5.74) is 0. The second-order valence-corrected chi connectivity index (χ2v) is 7.82. The van der Waals surface area contributed by atoms with Gasteiger partial charge in [0.2, 0.25) is 15.9 Å². The zero-order valence-electron chi connectivity index (χ0n) is 11.5. The highest BCUT2D eigenvalue weighted by Crippen LogP contribution is 2.26. The van der Waals surface area contributed by atoms with Crippen LogP contribution in [0.2, 0.25) is 10.0 Å². The molecule has 1 N–H and O–H groups in total. The first-order valence-corrected chi connectivity index (χ1v) is 8.72. The van der Waals surface area contributed by atoms with Crippen molar-refractivity contribution in [2.24, 2.45) is 0 Å². The fourth-order valence-corrected chi connectivity index (χ4v) is 4.64. The van der Waals surface area contributed by atoms with Gasteiger partial charge in [-0.25, -0.2) is 8.42 Å². The van der Waals surface area contributed by atoms with E-state index in [0.29, 0.717) is 13.0 Å². The van der Waals surface area contributed by atoms with Gasteiger partial charge in [-0.15, -0.1) is 0 Å². The molecule has 0 bridgehead atoms. The average molecular weight is 351 g/mol. The van der Waals surface area contributed by atoms with Gasteiger partial charge in [0.1, 0.15) is 0 Å². The lowest BCUT2D eigenvalue weighted by Gasteiger charge is -2.32. The minimum absolute atomic E-state index is 0.0727. The number of sulfonamides is 1. The summed E-state index contributed by atoms with van der Waals surface area (Å²) in [5, 5.41) is 3.31. The molecular weight excluding hydrogens is 335 g/mol. The summed E-state index contributed by atoms with van der Waals surface area (Å²) in [6, 6.07) is 4.08. The molecule has 8 heteroatoms. The van der Waals surface area contributed by atoms with E-state index in [1.54, 1.807) is 0 Å². The van der Waals surface area contributed by atoms with E-state index in [2.05, 4.69) is 5.32 Å². The molecule has 116 valence electrons. The molecule has 21 heavy (non-hydrogen) atoms. The Kier molecular flexibility index (Phi) is 5.14. The number of rotatable bonds is 3. The lowest BCUT2D eigenvalue weighted by Crippen LogP contribution is -2.49. The van der Waals surface area contributed by atoms with Crippen molar-refractivity contribution >= 4 is 39.1 Å². The van der Waals surface area contributed by atoms with Gasteiger partial charge in [0.25, 0.3) is 0 Å². The van der Waals surface area contributed by atoms with E-state index in [-0.39, 0.29) is 33.4 Å². The summed E-state index contributed by atoms with van der Waals surface area (Å²) in [7, 11) is -3.66. The molecule has 1 unspecified atom stereocenters. The van der Waals surface area contributed by atoms with Crippen LogP contribution >= 0.6 is 23.2 Å². The molecular formula is C13H16Cl2N2O3S. The van der Waals surface area contributed by atoms with E-state index in [1.165, 1.54) is 29.4 Å². The lowest BCUT2D eigenvalue weighted by atomic mass is 10.1. The summed E-state index contributed by atoms with van der Waals surface area (Å²) in [6.45, 7) is 2.10. The zero-order chi connectivity index (χ0) is 15.6. The third kappa shape index (κ3) is 4.10. The highest BCUT2D eigenvalue weighted by atomic mass is 35.5. The molecule has 0 spiro atoms. The van der Waals surface area contributed by atoms with E-state index in [0.717, 1.165) is 6.42 Å². The van der Waals surface area contributed by atoms with Crippen molar-refractivity contribution in [2.75, 3.05) is 13.1 Å². The normalized spacial score (nSPS) is 20.2. The first kappa shape index (κ1) is 16.5. The van der Waals surface area contributed by atoms with Crippen LogP contribution in [-0.2, 0) is 14.8 Å². The van der Waals surface area contributed by atoms with Crippen LogP contribution in [0.5, 0.6) is 0 Å². The van der Waals surface area contributed by atoms with Gasteiger partial charge < -0.3 is 5.32 Å². The molecule has 1 atom stereocenters. The van der Waals surface area contributed by atoms with Crippen molar-refractivity contribution in [1.29, 1.82) is 0 Å². The Morgan fingerprint density at radius 1 is 1.29 bits per heavy atom. The van der Waals surface area contributed by atoms with E-state index < -0.39 is 10.0 Å². The molecule has 1 fully saturated rings. The van der Waals surface area contributed by atoms with Gasteiger partial charge in [0, 0.05) is 36.1 Å². The second-order valence-electron chi connectivity index (χ2n) is 5.01. The minimum atomic E-state index is -3.66. The van der Waals surface area contributed by atoms with Crippen molar-refractivity contribution in [3.05, 3.63) is 28.2 Å². The standard InChI is InChI=1S/C13H16Cl2N2O3S/c1-9(18)16-12-3-2-4-17(8-12)21(19,20)13-6-10(14)5-11(15)7-13/h5-7,12H,2-4,8H2,1H3,(H,16,18). The van der Waals surface area contributed by atoms with Crippen LogP contribution in [0.4, 0.5) is 0 Å². The summed E-state index contributed by atoms with van der Waals surface area (Å²) in [5.74, 6) is -0.162. The molecule has 0 radical (unpaired) electrons. The third-order valence-corrected chi connectivity index (χ3v) is 5.54. The molecule has 1 aromatic carbocycles. The summed E-state index contributed by atoms with van der Waals surface area (Å²) >= 11 is 11.7. The highest BCUT2D eigenvalue weighted by Gasteiger charge is 2.30. The lowest BCUT2D eigenvalue weighted by molar-refractivity contribution is -0.119. The first-order chi connectivity index (χ1) is 9.79. The van der Waals surface area contributed by atoms with Crippen molar-refractivity contribution in [2.45, 2.75) is 30.7 Å². The quantitative estimate of drug-likeness (QED) is 0.909. The molecule has 0 aromatic heterocycles. The predicted molar refractivity (Wildman–Crippen MR) is 82.1 cm³/mol. The van der Waals surface area contributed by atoms with Crippen LogP contribution in [0, 0.1) is 0 Å². The van der Waals surface area contributed by atoms with Crippen LogP contribution in [-0.4, -0.2) is 37.8 Å². The maximum absolute atomic E-state index is 12.6. The van der Waals surface area contributed by atoms with E-state index in [9.17, 15) is 13.2 Å². The molecule has 1 saturated heterocycles. The third-order valence-electron chi connectivity index (χ3n) is 3.27. The number of carbonyl (C=O) groups is 1. The fourth-order valence-electron chi connectivity index (χ4n) is 2.39. The van der Waals surface area contributed by atoms with Crippen molar-refractivity contribution in [1.82, 2.24) is 9.62 Å². The Hall–Kier alpha value is -0.820. The molecule has 0 aliphatic carbocycles. The second kappa shape index (κ2) is 6.52. The molecule has 1 aliphatic heterocycles. The molecule has 1 aromatic rings. The maximum Gasteiger partial charge on any atom is 0.243 e. The number of halogens is 2. The van der Waals surface area contributed by atoms with E-state index in [4.69, 9.17) is 23.2 Å². The number of hydrogen-bond donors (Lipinski definition) is 1. The smallest absolute Gasteiger partial charge is 0.243 e. The van der Waals surface area contributed by atoms with Gasteiger partial charge in [-0.3, -0.25) is 4.79 Å². The highest BCUT2D eigenvalue weighted by molar-refractivity contribution is 7.89. The summed E-state index contributed by atoms with van der Waals surface area (Å²) < 4.78 is 26.6. The molecule has 1 amide bonds. The van der Waals surface area contributed by atoms with Crippen LogP contribution in [0.15, 0.2) is 23.1 Å². The number of hydrogen-bond acceptors (Lipinski definition) is 3. The number of benzene rings is 1. The van der Waals surface area contributed by atoms with E-state index in [1.807, 2.05) is 0 Å². The fraction of sp³-hybridized carbons (Fsp3) is 0.462. The van der Waals surface area contributed by atoms with Crippen LogP contribution in [0.25, 0.3) is 0 Å². The average Bonchev–Trinajstić information content (AvgIpc) is 2.37. The SMILES string of the molecule is CC(=O)NC1CCCN(S(=O)(=O)c2cc(Cl)cc(Cl)c2)C1. The molecule has 0 saturated carbocycles. The van der Waals surface area contributed by atoms with Gasteiger partial charge in [-0.1, -0.05) is 23.2 Å². The number of nitrogens with zero attached hydrogens (tertiary/aromatic N) is 1. The monoisotopic (exact) mass is 350 g/mol. The van der Waals surface area contributed by atoms with Gasteiger partial charge in [0.05, 0.1) is 4.90 Å². The Balaban J connectivity index is 2.24. The predicted octanol–water partition coefficient (Wildman–Crippen LogP) is 2.28. The van der Waals surface area contributed by atoms with Gasteiger partial charge >= 0.3 is 0 Å². The molecule has 1 aliphatic rings. The van der Waals surface area contributed by atoms with E-state index >= 15 is 0 Å². The van der Waals surface area contributed by atoms with Crippen LogP contribution in [0.3, 0.4) is 0 Å². The Morgan fingerprint density at radius 3 is 2.48 bits per heavy atom. The maximum atomic E-state index is 12.6. The Bertz CT molecular complexity index is 629. The van der Waals surface area contributed by atoms with Crippen LogP contribution in [0.1, 0.15) is 19.8 Å². The summed E-state index contributed by atoms with van der Waals surface area (Å²) in [6.07, 6.45) is 1.46. The molecule has 1 heterocycles. The summed E-state index contributed by atoms with van der Waals surface area (Å²) in [4.78, 5) is 11.2. The van der Waals surface area contributed by atoms with Crippen molar-refractivity contribution in [3.63, 3.8) is 0 Å². The molecule has 5 nitrogen and oxygen atoms in total. The number of amides is 1. The van der Waals surface area contributed by atoms with Gasteiger partial charge in [-0.05, 0) is 31.0 Å². The minimum Gasteiger partial charge on any atom is -0.352 e. The number of piperidine rings is 1. The van der Waals surface area contributed by atoms with Gasteiger partial charge in [-0.2, -0.15) is 4.31 Å². The van der Waals surface area contributed by atoms with Crippen molar-refractivity contribution < 1.29 is 13.2 Å². The zero-order valence-corrected chi connectivity index (χ0v) is 13.8. The first-order valence-electron chi connectivity index (χ1n) is 6.52. The van der Waals surface area contributed by atoms with Gasteiger partial charge in [0.15, 0.2) is 0 Å². The topological polar surface area (TPSA) is 66.5 Å². The molecule has 2 rings (SSSR count). The number of carbonyl (C=O) groups excluding carboxylic acids is 1. The number of nitrogens with one attached hydrogen (secondary N) is 1. The Labute approximate surface area is 134 Å². The Morgan fingerprint density at radius 2 is 1.90 bits per heavy atom.